The minimum Gasteiger partial charge on any atom is -0.497 e. The molecule has 1 aliphatic rings. The number of thiazole rings is 1. The van der Waals surface area contributed by atoms with Crippen LogP contribution in [0.2, 0.25) is 0 Å². The molecular formula is C20H21N3O4S2. The van der Waals surface area contributed by atoms with Crippen molar-refractivity contribution in [3.63, 3.8) is 0 Å². The molecule has 2 heterocycles. The first-order valence-electron chi connectivity index (χ1n) is 9.22. The minimum atomic E-state index is -3.74. The van der Waals surface area contributed by atoms with E-state index in [-0.39, 0.29) is 10.8 Å². The normalized spacial score (nSPS) is 17.5. The highest BCUT2D eigenvalue weighted by Gasteiger charge is 2.39. The highest BCUT2D eigenvalue weighted by Crippen LogP contribution is 2.31. The molecule has 152 valence electrons. The number of fused-ring (bicyclic) bond motifs is 1. The lowest BCUT2D eigenvalue weighted by Crippen LogP contribution is -2.43. The maximum Gasteiger partial charge on any atom is 0.244 e. The topological polar surface area (TPSA) is 88.6 Å². The van der Waals surface area contributed by atoms with Gasteiger partial charge in [-0.15, -0.1) is 0 Å². The van der Waals surface area contributed by atoms with Crippen LogP contribution in [0.15, 0.2) is 47.4 Å². The van der Waals surface area contributed by atoms with Gasteiger partial charge in [0.05, 0.1) is 22.2 Å². The molecule has 1 amide bonds. The van der Waals surface area contributed by atoms with E-state index in [1.807, 2.05) is 19.1 Å². The molecule has 0 unspecified atom stereocenters. The Bertz CT molecular complexity index is 1160. The number of aromatic nitrogens is 1. The molecule has 0 spiro atoms. The smallest absolute Gasteiger partial charge is 0.244 e. The van der Waals surface area contributed by atoms with Gasteiger partial charge in [0.2, 0.25) is 15.9 Å². The maximum absolute atomic E-state index is 13.0. The quantitative estimate of drug-likeness (QED) is 0.669. The molecule has 1 aliphatic heterocycles. The standard InChI is InChI=1S/C20H21N3O4S2/c1-13-5-8-15(9-6-13)29(25,26)23-11-3-4-17(23)19(24)22-20-21-16-10-7-14(27-2)12-18(16)28-20/h5-10,12,17H,3-4,11H2,1-2H3,(H,21,22,24)/t17-/m0/s1. The van der Waals surface area contributed by atoms with Gasteiger partial charge in [-0.3, -0.25) is 4.79 Å². The van der Waals surface area contributed by atoms with Crippen molar-refractivity contribution < 1.29 is 17.9 Å². The van der Waals surface area contributed by atoms with E-state index in [2.05, 4.69) is 10.3 Å². The third-order valence-electron chi connectivity index (χ3n) is 4.96. The molecule has 4 rings (SSSR count). The van der Waals surface area contributed by atoms with Crippen LogP contribution in [0.1, 0.15) is 18.4 Å². The van der Waals surface area contributed by atoms with Crippen LogP contribution in [0, 0.1) is 6.92 Å². The molecular weight excluding hydrogens is 410 g/mol. The van der Waals surface area contributed by atoms with Gasteiger partial charge in [-0.2, -0.15) is 4.31 Å². The number of nitrogens with zero attached hydrogens (tertiary/aromatic N) is 2. The van der Waals surface area contributed by atoms with Crippen molar-refractivity contribution in [2.75, 3.05) is 19.0 Å². The molecule has 1 N–H and O–H groups in total. The van der Waals surface area contributed by atoms with Crippen molar-refractivity contribution in [1.29, 1.82) is 0 Å². The van der Waals surface area contributed by atoms with Gasteiger partial charge in [0, 0.05) is 6.54 Å². The van der Waals surface area contributed by atoms with E-state index in [9.17, 15) is 13.2 Å². The first kappa shape index (κ1) is 19.8. The second-order valence-corrected chi connectivity index (χ2v) is 9.85. The van der Waals surface area contributed by atoms with Crippen LogP contribution in [0.5, 0.6) is 5.75 Å². The number of anilines is 1. The number of ether oxygens (including phenoxy) is 1. The van der Waals surface area contributed by atoms with Crippen LogP contribution in [-0.2, 0) is 14.8 Å². The van der Waals surface area contributed by atoms with Gasteiger partial charge in [0.25, 0.3) is 0 Å². The molecule has 1 atom stereocenters. The van der Waals surface area contributed by atoms with Gasteiger partial charge >= 0.3 is 0 Å². The summed E-state index contributed by atoms with van der Waals surface area (Å²) in [6.45, 7) is 2.22. The summed E-state index contributed by atoms with van der Waals surface area (Å²) in [6.07, 6.45) is 1.12. The number of nitrogens with one attached hydrogen (secondary N) is 1. The summed E-state index contributed by atoms with van der Waals surface area (Å²) in [5.41, 5.74) is 1.73. The average molecular weight is 432 g/mol. The fraction of sp³-hybridized carbons (Fsp3) is 0.300. The van der Waals surface area contributed by atoms with E-state index in [4.69, 9.17) is 4.74 Å². The Labute approximate surface area is 173 Å². The minimum absolute atomic E-state index is 0.204. The van der Waals surface area contributed by atoms with Crippen molar-refractivity contribution in [2.24, 2.45) is 0 Å². The molecule has 2 aromatic carbocycles. The van der Waals surface area contributed by atoms with Crippen molar-refractivity contribution >= 4 is 42.6 Å². The van der Waals surface area contributed by atoms with Gasteiger partial charge in [0.15, 0.2) is 5.13 Å². The number of amides is 1. The number of sulfonamides is 1. The van der Waals surface area contributed by atoms with Crippen LogP contribution in [-0.4, -0.2) is 43.3 Å². The number of rotatable bonds is 5. The summed E-state index contributed by atoms with van der Waals surface area (Å²) in [6, 6.07) is 11.4. The summed E-state index contributed by atoms with van der Waals surface area (Å²) in [5.74, 6) is 0.356. The first-order valence-corrected chi connectivity index (χ1v) is 11.5. The Morgan fingerprint density at radius 1 is 1.24 bits per heavy atom. The van der Waals surface area contributed by atoms with Crippen LogP contribution < -0.4 is 10.1 Å². The predicted molar refractivity (Wildman–Crippen MR) is 113 cm³/mol. The molecule has 1 fully saturated rings. The van der Waals surface area contributed by atoms with Gasteiger partial charge in [-0.1, -0.05) is 29.0 Å². The highest BCUT2D eigenvalue weighted by molar-refractivity contribution is 7.89. The zero-order chi connectivity index (χ0) is 20.6. The Morgan fingerprint density at radius 3 is 2.72 bits per heavy atom. The van der Waals surface area contributed by atoms with E-state index in [0.29, 0.717) is 30.3 Å². The third-order valence-corrected chi connectivity index (χ3v) is 7.82. The van der Waals surface area contributed by atoms with E-state index in [0.717, 1.165) is 15.8 Å². The molecule has 3 aromatic rings. The zero-order valence-corrected chi connectivity index (χ0v) is 17.7. The molecule has 29 heavy (non-hydrogen) atoms. The first-order chi connectivity index (χ1) is 13.9. The number of carbonyl (C=O) groups excluding carboxylic acids is 1. The zero-order valence-electron chi connectivity index (χ0n) is 16.1. The van der Waals surface area contributed by atoms with Crippen molar-refractivity contribution in [3.8, 4) is 5.75 Å². The van der Waals surface area contributed by atoms with E-state index < -0.39 is 16.1 Å². The molecule has 0 radical (unpaired) electrons. The molecule has 1 saturated heterocycles. The number of carbonyl (C=O) groups is 1. The van der Waals surface area contributed by atoms with Crippen LogP contribution in [0.3, 0.4) is 0 Å². The number of hydrogen-bond acceptors (Lipinski definition) is 6. The molecule has 7 nitrogen and oxygen atoms in total. The Kier molecular flexibility index (Phi) is 5.28. The van der Waals surface area contributed by atoms with Gasteiger partial charge in [0.1, 0.15) is 11.8 Å². The fourth-order valence-electron chi connectivity index (χ4n) is 3.41. The summed E-state index contributed by atoms with van der Waals surface area (Å²) in [4.78, 5) is 17.5. The van der Waals surface area contributed by atoms with Gasteiger partial charge < -0.3 is 10.1 Å². The summed E-state index contributed by atoms with van der Waals surface area (Å²) in [5, 5.41) is 3.24. The third kappa shape index (κ3) is 3.85. The number of methoxy groups -OCH3 is 1. The SMILES string of the molecule is COc1ccc2nc(NC(=O)[C@@H]3CCCN3S(=O)(=O)c3ccc(C)cc3)sc2c1. The molecule has 0 saturated carbocycles. The monoisotopic (exact) mass is 431 g/mol. The van der Waals surface area contributed by atoms with Crippen LogP contribution in [0.25, 0.3) is 10.2 Å². The Balaban J connectivity index is 1.55. The lowest BCUT2D eigenvalue weighted by molar-refractivity contribution is -0.119. The summed E-state index contributed by atoms with van der Waals surface area (Å²) in [7, 11) is -2.15. The van der Waals surface area contributed by atoms with Crippen LogP contribution in [0.4, 0.5) is 5.13 Å². The van der Waals surface area contributed by atoms with Crippen molar-refractivity contribution in [2.45, 2.75) is 30.7 Å². The largest absolute Gasteiger partial charge is 0.497 e. The fourth-order valence-corrected chi connectivity index (χ4v) is 5.96. The predicted octanol–water partition coefficient (Wildman–Crippen LogP) is 3.41. The van der Waals surface area contributed by atoms with Crippen molar-refractivity contribution in [1.82, 2.24) is 9.29 Å². The molecule has 0 bridgehead atoms. The molecule has 9 heteroatoms. The van der Waals surface area contributed by atoms with Crippen molar-refractivity contribution in [3.05, 3.63) is 48.0 Å². The number of hydrogen-bond donors (Lipinski definition) is 1. The average Bonchev–Trinajstić information content (AvgIpc) is 3.34. The van der Waals surface area contributed by atoms with Gasteiger partial charge in [-0.25, -0.2) is 13.4 Å². The van der Waals surface area contributed by atoms with Gasteiger partial charge in [-0.05, 0) is 50.1 Å². The maximum atomic E-state index is 13.0. The highest BCUT2D eigenvalue weighted by atomic mass is 32.2. The van der Waals surface area contributed by atoms with E-state index >= 15 is 0 Å². The summed E-state index contributed by atoms with van der Waals surface area (Å²) < 4.78 is 33.5. The lowest BCUT2D eigenvalue weighted by Gasteiger charge is -2.23. The molecule has 1 aromatic heterocycles. The Hall–Kier alpha value is -2.49. The second kappa shape index (κ2) is 7.74. The molecule has 0 aliphatic carbocycles. The number of benzene rings is 2. The van der Waals surface area contributed by atoms with Crippen LogP contribution >= 0.6 is 11.3 Å². The Morgan fingerprint density at radius 2 is 2.00 bits per heavy atom. The lowest BCUT2D eigenvalue weighted by atomic mass is 10.2. The van der Waals surface area contributed by atoms with E-state index in [1.165, 1.54) is 15.6 Å². The summed E-state index contributed by atoms with van der Waals surface area (Å²) >= 11 is 1.33. The van der Waals surface area contributed by atoms with E-state index in [1.54, 1.807) is 37.4 Å². The second-order valence-electron chi connectivity index (χ2n) is 6.93. The number of aryl methyl sites for hydroxylation is 1.